The molecule has 0 aliphatic carbocycles. The van der Waals surface area contributed by atoms with Crippen LogP contribution in [0.3, 0.4) is 0 Å². The average Bonchev–Trinajstić information content (AvgIpc) is 2.56. The molecule has 116 valence electrons. The van der Waals surface area contributed by atoms with E-state index in [1.807, 2.05) is 37.3 Å². The van der Waals surface area contributed by atoms with E-state index in [0.717, 1.165) is 12.0 Å². The molecule has 0 saturated heterocycles. The Labute approximate surface area is 131 Å². The third-order valence-corrected chi connectivity index (χ3v) is 3.55. The maximum absolute atomic E-state index is 12.6. The fraction of sp³-hybridized carbons (Fsp3) is 0.278. The Morgan fingerprint density at radius 2 is 1.64 bits per heavy atom. The van der Waals surface area contributed by atoms with Crippen molar-refractivity contribution in [1.82, 2.24) is 0 Å². The second kappa shape index (κ2) is 7.50. The standard InChI is InChI=1S/C18H21NO3/c1-4-17(13-8-6-5-7-9-13)18(20)19-14-10-15(21-2)12-16(11-14)22-3/h5-12,17H,4H2,1-3H3,(H,19,20)/t17-/m1/s1. The average molecular weight is 299 g/mol. The SMILES string of the molecule is CC[C@@H](C(=O)Nc1cc(OC)cc(OC)c1)c1ccccc1. The van der Waals surface area contributed by atoms with E-state index >= 15 is 0 Å². The highest BCUT2D eigenvalue weighted by Gasteiger charge is 2.19. The van der Waals surface area contributed by atoms with Gasteiger partial charge in [0.15, 0.2) is 0 Å². The predicted molar refractivity (Wildman–Crippen MR) is 87.6 cm³/mol. The second-order valence-electron chi connectivity index (χ2n) is 4.96. The molecule has 1 atom stereocenters. The third-order valence-electron chi connectivity index (χ3n) is 3.55. The summed E-state index contributed by atoms with van der Waals surface area (Å²) < 4.78 is 10.4. The molecule has 1 amide bonds. The van der Waals surface area contributed by atoms with Gasteiger partial charge in [-0.3, -0.25) is 4.79 Å². The van der Waals surface area contributed by atoms with Crippen molar-refractivity contribution >= 4 is 11.6 Å². The maximum atomic E-state index is 12.6. The minimum absolute atomic E-state index is 0.0380. The largest absolute Gasteiger partial charge is 0.497 e. The smallest absolute Gasteiger partial charge is 0.231 e. The van der Waals surface area contributed by atoms with Gasteiger partial charge in [0.05, 0.1) is 20.1 Å². The molecule has 2 aromatic rings. The Balaban J connectivity index is 2.20. The molecular formula is C18H21NO3. The summed E-state index contributed by atoms with van der Waals surface area (Å²) >= 11 is 0. The molecule has 0 aliphatic heterocycles. The van der Waals surface area contributed by atoms with Gasteiger partial charge in [0.25, 0.3) is 0 Å². The summed E-state index contributed by atoms with van der Waals surface area (Å²) in [5, 5.41) is 2.94. The molecule has 0 aromatic heterocycles. The quantitative estimate of drug-likeness (QED) is 0.881. The summed E-state index contributed by atoms with van der Waals surface area (Å²) in [6.45, 7) is 2.00. The molecular weight excluding hydrogens is 278 g/mol. The number of amides is 1. The molecule has 0 saturated carbocycles. The second-order valence-corrected chi connectivity index (χ2v) is 4.96. The lowest BCUT2D eigenvalue weighted by Gasteiger charge is -2.16. The van der Waals surface area contributed by atoms with Crippen LogP contribution in [0.1, 0.15) is 24.8 Å². The van der Waals surface area contributed by atoms with Crippen molar-refractivity contribution < 1.29 is 14.3 Å². The molecule has 2 aromatic carbocycles. The van der Waals surface area contributed by atoms with Crippen molar-refractivity contribution in [3.05, 3.63) is 54.1 Å². The first-order chi connectivity index (χ1) is 10.7. The highest BCUT2D eigenvalue weighted by atomic mass is 16.5. The van der Waals surface area contributed by atoms with Gasteiger partial charge in [0.1, 0.15) is 11.5 Å². The summed E-state index contributed by atoms with van der Waals surface area (Å²) in [5.74, 6) is 1.06. The van der Waals surface area contributed by atoms with Gasteiger partial charge in [-0.25, -0.2) is 0 Å². The molecule has 0 unspecified atom stereocenters. The van der Waals surface area contributed by atoms with E-state index in [-0.39, 0.29) is 11.8 Å². The van der Waals surface area contributed by atoms with E-state index in [1.165, 1.54) is 0 Å². The predicted octanol–water partition coefficient (Wildman–Crippen LogP) is 3.84. The lowest BCUT2D eigenvalue weighted by molar-refractivity contribution is -0.117. The number of carbonyl (C=O) groups is 1. The van der Waals surface area contributed by atoms with E-state index in [1.54, 1.807) is 32.4 Å². The summed E-state index contributed by atoms with van der Waals surface area (Å²) in [6, 6.07) is 15.1. The van der Waals surface area contributed by atoms with E-state index in [2.05, 4.69) is 5.32 Å². The number of carbonyl (C=O) groups excluding carboxylic acids is 1. The first-order valence-corrected chi connectivity index (χ1v) is 7.26. The van der Waals surface area contributed by atoms with Gasteiger partial charge in [-0.05, 0) is 12.0 Å². The first kappa shape index (κ1) is 15.9. The molecule has 4 heteroatoms. The van der Waals surface area contributed by atoms with Gasteiger partial charge in [-0.2, -0.15) is 0 Å². The zero-order valence-corrected chi connectivity index (χ0v) is 13.1. The van der Waals surface area contributed by atoms with Crippen LogP contribution in [0, 0.1) is 0 Å². The Bertz CT molecular complexity index is 603. The van der Waals surface area contributed by atoms with Gasteiger partial charge in [0, 0.05) is 23.9 Å². The molecule has 0 heterocycles. The number of anilines is 1. The van der Waals surface area contributed by atoms with Crippen LogP contribution in [0.25, 0.3) is 0 Å². The van der Waals surface area contributed by atoms with Crippen molar-refractivity contribution in [2.24, 2.45) is 0 Å². The van der Waals surface area contributed by atoms with Crippen molar-refractivity contribution in [3.63, 3.8) is 0 Å². The van der Waals surface area contributed by atoms with E-state index in [0.29, 0.717) is 17.2 Å². The van der Waals surface area contributed by atoms with Crippen molar-refractivity contribution in [2.75, 3.05) is 19.5 Å². The molecule has 2 rings (SSSR count). The van der Waals surface area contributed by atoms with Crippen LogP contribution in [-0.2, 0) is 4.79 Å². The number of rotatable bonds is 6. The van der Waals surface area contributed by atoms with E-state index in [4.69, 9.17) is 9.47 Å². The molecule has 0 spiro atoms. The molecule has 0 radical (unpaired) electrons. The number of ether oxygens (including phenoxy) is 2. The highest BCUT2D eigenvalue weighted by Crippen LogP contribution is 2.27. The number of hydrogen-bond acceptors (Lipinski definition) is 3. The van der Waals surface area contributed by atoms with Gasteiger partial charge in [-0.15, -0.1) is 0 Å². The summed E-state index contributed by atoms with van der Waals surface area (Å²) in [5.41, 5.74) is 1.67. The highest BCUT2D eigenvalue weighted by molar-refractivity contribution is 5.96. The van der Waals surface area contributed by atoms with Crippen LogP contribution in [0.15, 0.2) is 48.5 Å². The lowest BCUT2D eigenvalue weighted by Crippen LogP contribution is -2.20. The zero-order valence-electron chi connectivity index (χ0n) is 13.1. The van der Waals surface area contributed by atoms with Gasteiger partial charge < -0.3 is 14.8 Å². The van der Waals surface area contributed by atoms with Crippen molar-refractivity contribution in [1.29, 1.82) is 0 Å². The van der Waals surface area contributed by atoms with Crippen LogP contribution in [-0.4, -0.2) is 20.1 Å². The molecule has 0 fully saturated rings. The van der Waals surface area contributed by atoms with Gasteiger partial charge in [-0.1, -0.05) is 37.3 Å². The minimum atomic E-state index is -0.182. The van der Waals surface area contributed by atoms with Crippen LogP contribution in [0.4, 0.5) is 5.69 Å². The first-order valence-electron chi connectivity index (χ1n) is 7.26. The third kappa shape index (κ3) is 3.79. The summed E-state index contributed by atoms with van der Waals surface area (Å²) in [7, 11) is 3.17. The fourth-order valence-corrected chi connectivity index (χ4v) is 2.37. The van der Waals surface area contributed by atoms with Crippen LogP contribution < -0.4 is 14.8 Å². The summed E-state index contributed by atoms with van der Waals surface area (Å²) in [6.07, 6.45) is 0.733. The molecule has 1 N–H and O–H groups in total. The normalized spacial score (nSPS) is 11.6. The minimum Gasteiger partial charge on any atom is -0.497 e. The monoisotopic (exact) mass is 299 g/mol. The van der Waals surface area contributed by atoms with Crippen LogP contribution in [0.2, 0.25) is 0 Å². The Morgan fingerprint density at radius 3 is 2.14 bits per heavy atom. The number of nitrogens with one attached hydrogen (secondary N) is 1. The van der Waals surface area contributed by atoms with Crippen LogP contribution >= 0.6 is 0 Å². The Morgan fingerprint density at radius 1 is 1.05 bits per heavy atom. The molecule has 0 aliphatic rings. The zero-order chi connectivity index (χ0) is 15.9. The number of hydrogen-bond donors (Lipinski definition) is 1. The topological polar surface area (TPSA) is 47.6 Å². The maximum Gasteiger partial charge on any atom is 0.231 e. The lowest BCUT2D eigenvalue weighted by atomic mass is 9.95. The number of methoxy groups -OCH3 is 2. The van der Waals surface area contributed by atoms with Gasteiger partial charge in [0.2, 0.25) is 5.91 Å². The van der Waals surface area contributed by atoms with E-state index in [9.17, 15) is 4.79 Å². The number of benzene rings is 2. The fourth-order valence-electron chi connectivity index (χ4n) is 2.37. The van der Waals surface area contributed by atoms with Gasteiger partial charge >= 0.3 is 0 Å². The van der Waals surface area contributed by atoms with Crippen molar-refractivity contribution in [3.8, 4) is 11.5 Å². The van der Waals surface area contributed by atoms with Crippen molar-refractivity contribution in [2.45, 2.75) is 19.3 Å². The summed E-state index contributed by atoms with van der Waals surface area (Å²) in [4.78, 5) is 12.6. The van der Waals surface area contributed by atoms with Crippen LogP contribution in [0.5, 0.6) is 11.5 Å². The molecule has 0 bridgehead atoms. The Hall–Kier alpha value is -2.49. The Kier molecular flexibility index (Phi) is 5.42. The molecule has 22 heavy (non-hydrogen) atoms. The molecule has 4 nitrogen and oxygen atoms in total. The van der Waals surface area contributed by atoms with E-state index < -0.39 is 0 Å².